The third-order valence-electron chi connectivity index (χ3n) is 2.91. The fraction of sp³-hybridized carbons (Fsp3) is 0.429. The lowest BCUT2D eigenvalue weighted by atomic mass is 10.2. The average Bonchev–Trinajstić information content (AvgIpc) is 2.87. The van der Waals surface area contributed by atoms with Gasteiger partial charge in [0.15, 0.2) is 0 Å². The van der Waals surface area contributed by atoms with Crippen molar-refractivity contribution >= 4 is 17.8 Å². The summed E-state index contributed by atoms with van der Waals surface area (Å²) in [6.07, 6.45) is 9.82. The van der Waals surface area contributed by atoms with Crippen molar-refractivity contribution in [3.8, 4) is 0 Å². The van der Waals surface area contributed by atoms with Gasteiger partial charge in [-0.2, -0.15) is 0 Å². The van der Waals surface area contributed by atoms with E-state index in [-0.39, 0.29) is 0 Å². The highest BCUT2D eigenvalue weighted by molar-refractivity contribution is 6.30. The second-order valence-corrected chi connectivity index (χ2v) is 4.98. The minimum atomic E-state index is 0.531. The van der Waals surface area contributed by atoms with Gasteiger partial charge in [0.2, 0.25) is 0 Å². The molecular formula is C14H18ClN5O. The highest BCUT2D eigenvalue weighted by atomic mass is 35.5. The quantitative estimate of drug-likeness (QED) is 0.583. The Labute approximate surface area is 128 Å². The number of rotatable bonds is 7. The first kappa shape index (κ1) is 15.4. The van der Waals surface area contributed by atoms with E-state index < -0.39 is 0 Å². The first-order valence-corrected chi connectivity index (χ1v) is 7.19. The fourth-order valence-corrected chi connectivity index (χ4v) is 1.99. The molecule has 0 atom stereocenters. The number of aryl methyl sites for hydroxylation is 1. The summed E-state index contributed by atoms with van der Waals surface area (Å²) in [7, 11) is 1.51. The van der Waals surface area contributed by atoms with Crippen LogP contribution in [0.3, 0.4) is 0 Å². The zero-order chi connectivity index (χ0) is 15.1. The van der Waals surface area contributed by atoms with Gasteiger partial charge in [-0.15, -0.1) is 0 Å². The van der Waals surface area contributed by atoms with Gasteiger partial charge in [-0.05, 0) is 6.42 Å². The second-order valence-electron chi connectivity index (χ2n) is 4.55. The van der Waals surface area contributed by atoms with E-state index in [0.29, 0.717) is 17.4 Å². The van der Waals surface area contributed by atoms with Gasteiger partial charge in [-0.1, -0.05) is 30.1 Å². The standard InChI is InChI=1S/C14H18ClN5O/c1-3-4-5-14-19-12(8-18-21-2)9-20(14)10-13-16-6-11(15)7-17-13/h6-9H,3-5,10H2,1-2H3/b18-8+. The molecule has 112 valence electrons. The Hall–Kier alpha value is -1.95. The van der Waals surface area contributed by atoms with E-state index in [1.165, 1.54) is 7.11 Å². The maximum absolute atomic E-state index is 5.80. The van der Waals surface area contributed by atoms with E-state index in [9.17, 15) is 0 Å². The molecule has 0 spiro atoms. The second kappa shape index (κ2) is 7.73. The first-order valence-electron chi connectivity index (χ1n) is 6.82. The molecule has 0 saturated heterocycles. The Morgan fingerprint density at radius 3 is 2.81 bits per heavy atom. The van der Waals surface area contributed by atoms with Crippen LogP contribution in [0.25, 0.3) is 0 Å². The van der Waals surface area contributed by atoms with Gasteiger partial charge in [0.1, 0.15) is 24.5 Å². The highest BCUT2D eigenvalue weighted by Gasteiger charge is 2.08. The Kier molecular flexibility index (Phi) is 5.68. The zero-order valence-corrected chi connectivity index (χ0v) is 12.9. The van der Waals surface area contributed by atoms with Gasteiger partial charge < -0.3 is 9.40 Å². The largest absolute Gasteiger partial charge is 0.399 e. The van der Waals surface area contributed by atoms with Crippen molar-refractivity contribution in [1.29, 1.82) is 0 Å². The third kappa shape index (κ3) is 4.53. The molecule has 0 N–H and O–H groups in total. The van der Waals surface area contributed by atoms with E-state index in [4.69, 9.17) is 11.6 Å². The molecule has 6 nitrogen and oxygen atoms in total. The Balaban J connectivity index is 2.20. The molecule has 21 heavy (non-hydrogen) atoms. The molecule has 0 aliphatic rings. The van der Waals surface area contributed by atoms with Crippen LogP contribution in [-0.2, 0) is 17.8 Å². The number of hydrogen-bond acceptors (Lipinski definition) is 5. The molecule has 2 aromatic heterocycles. The molecule has 0 unspecified atom stereocenters. The van der Waals surface area contributed by atoms with Gasteiger partial charge in [0.05, 0.1) is 17.8 Å². The molecule has 0 fully saturated rings. The SMILES string of the molecule is CCCCc1nc(/C=N/OC)cn1Cc1ncc(Cl)cn1. The van der Waals surface area contributed by atoms with Gasteiger partial charge in [0.25, 0.3) is 0 Å². The summed E-state index contributed by atoms with van der Waals surface area (Å²) in [5.74, 6) is 1.69. The molecular weight excluding hydrogens is 290 g/mol. The summed E-state index contributed by atoms with van der Waals surface area (Å²) in [6.45, 7) is 2.72. The van der Waals surface area contributed by atoms with Crippen molar-refractivity contribution in [3.05, 3.63) is 41.0 Å². The van der Waals surface area contributed by atoms with Gasteiger partial charge in [-0.25, -0.2) is 15.0 Å². The van der Waals surface area contributed by atoms with Crippen molar-refractivity contribution in [1.82, 2.24) is 19.5 Å². The summed E-state index contributed by atoms with van der Waals surface area (Å²) in [5, 5.41) is 4.28. The van der Waals surface area contributed by atoms with E-state index in [1.807, 2.05) is 10.8 Å². The molecule has 2 rings (SSSR count). The van der Waals surface area contributed by atoms with E-state index in [0.717, 1.165) is 30.8 Å². The number of nitrogens with zero attached hydrogens (tertiary/aromatic N) is 5. The van der Waals surface area contributed by atoms with Crippen LogP contribution in [0.15, 0.2) is 23.7 Å². The van der Waals surface area contributed by atoms with Crippen LogP contribution < -0.4 is 0 Å². The maximum atomic E-state index is 5.80. The van der Waals surface area contributed by atoms with Crippen LogP contribution in [0.4, 0.5) is 0 Å². The predicted octanol–water partition coefficient (Wildman–Crippen LogP) is 2.70. The number of unbranched alkanes of at least 4 members (excludes halogenated alkanes) is 1. The van der Waals surface area contributed by atoms with Crippen LogP contribution in [0, 0.1) is 0 Å². The van der Waals surface area contributed by atoms with Crippen LogP contribution in [0.1, 0.15) is 37.1 Å². The predicted molar refractivity (Wildman–Crippen MR) is 81.6 cm³/mol. The minimum Gasteiger partial charge on any atom is -0.399 e. The molecule has 2 aromatic rings. The summed E-state index contributed by atoms with van der Waals surface area (Å²) in [4.78, 5) is 17.7. The van der Waals surface area contributed by atoms with Gasteiger partial charge in [-0.3, -0.25) is 0 Å². The van der Waals surface area contributed by atoms with Gasteiger partial charge in [0, 0.05) is 25.0 Å². The molecule has 0 aromatic carbocycles. The molecule has 7 heteroatoms. The van der Waals surface area contributed by atoms with Crippen LogP contribution in [0.2, 0.25) is 5.02 Å². The molecule has 0 amide bonds. The van der Waals surface area contributed by atoms with Crippen LogP contribution in [-0.4, -0.2) is 32.8 Å². The van der Waals surface area contributed by atoms with Crippen molar-refractivity contribution in [2.45, 2.75) is 32.7 Å². The lowest BCUT2D eigenvalue weighted by Crippen LogP contribution is -2.07. The Morgan fingerprint density at radius 2 is 2.14 bits per heavy atom. The minimum absolute atomic E-state index is 0.531. The maximum Gasteiger partial charge on any atom is 0.148 e. The van der Waals surface area contributed by atoms with Crippen LogP contribution >= 0.6 is 11.6 Å². The smallest absolute Gasteiger partial charge is 0.148 e. The summed E-state index contributed by atoms with van der Waals surface area (Å²) in [5.41, 5.74) is 0.761. The lowest BCUT2D eigenvalue weighted by molar-refractivity contribution is 0.215. The number of halogens is 1. The Bertz CT molecular complexity index is 594. The first-order chi connectivity index (χ1) is 10.2. The number of oxime groups is 1. The van der Waals surface area contributed by atoms with E-state index in [1.54, 1.807) is 18.6 Å². The highest BCUT2D eigenvalue weighted by Crippen LogP contribution is 2.10. The monoisotopic (exact) mass is 307 g/mol. The molecule has 2 heterocycles. The normalized spacial score (nSPS) is 11.2. The molecule has 0 saturated carbocycles. The van der Waals surface area contributed by atoms with Gasteiger partial charge >= 0.3 is 0 Å². The molecule has 0 bridgehead atoms. The van der Waals surface area contributed by atoms with Crippen LogP contribution in [0.5, 0.6) is 0 Å². The number of imidazole rings is 1. The topological polar surface area (TPSA) is 65.2 Å². The Morgan fingerprint density at radius 1 is 1.38 bits per heavy atom. The summed E-state index contributed by atoms with van der Waals surface area (Å²) >= 11 is 5.80. The zero-order valence-electron chi connectivity index (χ0n) is 12.2. The van der Waals surface area contributed by atoms with Crippen molar-refractivity contribution in [3.63, 3.8) is 0 Å². The molecule has 0 radical (unpaired) electrons. The van der Waals surface area contributed by atoms with Crippen molar-refractivity contribution in [2.75, 3.05) is 7.11 Å². The molecule has 0 aliphatic heterocycles. The van der Waals surface area contributed by atoms with Crippen molar-refractivity contribution in [2.24, 2.45) is 5.16 Å². The summed E-state index contributed by atoms with van der Waals surface area (Å²) < 4.78 is 2.04. The van der Waals surface area contributed by atoms with Crippen molar-refractivity contribution < 1.29 is 4.84 Å². The molecule has 0 aliphatic carbocycles. The lowest BCUT2D eigenvalue weighted by Gasteiger charge is -2.06. The third-order valence-corrected chi connectivity index (χ3v) is 3.10. The fourth-order valence-electron chi connectivity index (χ4n) is 1.89. The van der Waals surface area contributed by atoms with E-state index in [2.05, 4.69) is 31.9 Å². The summed E-state index contributed by atoms with van der Waals surface area (Å²) in [6, 6.07) is 0. The van der Waals surface area contributed by atoms with E-state index >= 15 is 0 Å². The average molecular weight is 308 g/mol. The number of hydrogen-bond donors (Lipinski definition) is 0. The number of aromatic nitrogens is 4.